The minimum Gasteiger partial charge on any atom is -0.487 e. The molecule has 0 spiro atoms. The standard InChI is InChI=1S/C24H25N3O4/c1-30-24(29)18-5-2-3-7-21(18)31-22-12-16-14-27(13-15(16)11-20(22)28)23-17-6-4-9-25-19(17)8-10-26-23/h2-10,15-16,20,22,28H,11-14H2,1H3/t15-,16+,20+,22+/m0/s1. The summed E-state index contributed by atoms with van der Waals surface area (Å²) in [6, 6.07) is 12.9. The van der Waals surface area contributed by atoms with Gasteiger partial charge in [-0.15, -0.1) is 0 Å². The summed E-state index contributed by atoms with van der Waals surface area (Å²) in [5, 5.41) is 11.9. The highest BCUT2D eigenvalue weighted by Gasteiger charge is 2.43. The molecular weight excluding hydrogens is 394 g/mol. The van der Waals surface area contributed by atoms with Crippen LogP contribution in [0.5, 0.6) is 5.75 Å². The zero-order valence-electron chi connectivity index (χ0n) is 17.3. The third-order valence-electron chi connectivity index (χ3n) is 6.46. The number of anilines is 1. The van der Waals surface area contributed by atoms with E-state index in [0.29, 0.717) is 29.6 Å². The summed E-state index contributed by atoms with van der Waals surface area (Å²) < 4.78 is 11.0. The molecule has 7 nitrogen and oxygen atoms in total. The summed E-state index contributed by atoms with van der Waals surface area (Å²) in [7, 11) is 1.35. The SMILES string of the molecule is COC(=O)c1ccccc1O[C@@H]1C[C@@H]2CN(c3nccc4ncccc34)C[C@@H]2C[C@H]1O. The zero-order chi connectivity index (χ0) is 21.4. The molecule has 1 saturated carbocycles. The van der Waals surface area contributed by atoms with Gasteiger partial charge in [0.05, 0.1) is 18.7 Å². The molecule has 5 rings (SSSR count). The number of esters is 1. The van der Waals surface area contributed by atoms with Crippen LogP contribution in [0, 0.1) is 11.8 Å². The lowest BCUT2D eigenvalue weighted by Crippen LogP contribution is -2.42. The third-order valence-corrected chi connectivity index (χ3v) is 6.46. The molecule has 1 aliphatic carbocycles. The van der Waals surface area contributed by atoms with Gasteiger partial charge in [-0.2, -0.15) is 0 Å². The molecule has 0 bridgehead atoms. The molecule has 2 aromatic heterocycles. The van der Waals surface area contributed by atoms with E-state index in [-0.39, 0.29) is 6.10 Å². The Morgan fingerprint density at radius 2 is 1.84 bits per heavy atom. The van der Waals surface area contributed by atoms with Crippen molar-refractivity contribution in [3.05, 3.63) is 60.4 Å². The van der Waals surface area contributed by atoms with E-state index < -0.39 is 12.1 Å². The number of carbonyl (C=O) groups excluding carboxylic acids is 1. The van der Waals surface area contributed by atoms with Crippen LogP contribution >= 0.6 is 0 Å². The molecule has 3 heterocycles. The van der Waals surface area contributed by atoms with Crippen molar-refractivity contribution in [3.63, 3.8) is 0 Å². The smallest absolute Gasteiger partial charge is 0.341 e. The van der Waals surface area contributed by atoms with Gasteiger partial charge in [-0.3, -0.25) is 4.98 Å². The largest absolute Gasteiger partial charge is 0.487 e. The van der Waals surface area contributed by atoms with Crippen molar-refractivity contribution in [1.29, 1.82) is 0 Å². The first-order valence-corrected chi connectivity index (χ1v) is 10.6. The molecule has 4 atom stereocenters. The van der Waals surface area contributed by atoms with Crippen LogP contribution in [-0.4, -0.2) is 53.5 Å². The first-order chi connectivity index (χ1) is 15.1. The minimum atomic E-state index is -0.589. The second-order valence-electron chi connectivity index (χ2n) is 8.31. The first kappa shape index (κ1) is 19.8. The van der Waals surface area contributed by atoms with E-state index in [9.17, 15) is 9.90 Å². The number of hydrogen-bond donors (Lipinski definition) is 1. The fraction of sp³-hybridized carbons (Fsp3) is 0.375. The lowest BCUT2D eigenvalue weighted by molar-refractivity contribution is -0.0237. The number of aromatic nitrogens is 2. The number of fused-ring (bicyclic) bond motifs is 2. The quantitative estimate of drug-likeness (QED) is 0.651. The number of nitrogens with zero attached hydrogens (tertiary/aromatic N) is 3. The average Bonchev–Trinajstić information content (AvgIpc) is 3.21. The zero-order valence-corrected chi connectivity index (χ0v) is 17.3. The van der Waals surface area contributed by atoms with Gasteiger partial charge in [0.15, 0.2) is 0 Å². The summed E-state index contributed by atoms with van der Waals surface area (Å²) in [4.78, 5) is 23.4. The second-order valence-corrected chi connectivity index (χ2v) is 8.31. The maximum absolute atomic E-state index is 12.1. The molecule has 31 heavy (non-hydrogen) atoms. The highest BCUT2D eigenvalue weighted by Crippen LogP contribution is 2.40. The van der Waals surface area contributed by atoms with Crippen LogP contribution in [0.3, 0.4) is 0 Å². The number of ether oxygens (including phenoxy) is 2. The molecule has 160 valence electrons. The number of benzene rings is 1. The Labute approximate surface area is 180 Å². The molecule has 3 aromatic rings. The Morgan fingerprint density at radius 1 is 1.03 bits per heavy atom. The Hall–Kier alpha value is -3.19. The van der Waals surface area contributed by atoms with Gasteiger partial charge >= 0.3 is 5.97 Å². The number of aliphatic hydroxyl groups is 1. The maximum Gasteiger partial charge on any atom is 0.341 e. The molecule has 1 N–H and O–H groups in total. The van der Waals surface area contributed by atoms with E-state index in [4.69, 9.17) is 9.47 Å². The number of carbonyl (C=O) groups is 1. The number of aliphatic hydroxyl groups excluding tert-OH is 1. The van der Waals surface area contributed by atoms with Crippen LogP contribution < -0.4 is 9.64 Å². The second kappa shape index (κ2) is 8.15. The third kappa shape index (κ3) is 3.70. The number of methoxy groups -OCH3 is 1. The van der Waals surface area contributed by atoms with Crippen molar-refractivity contribution in [2.45, 2.75) is 25.0 Å². The summed E-state index contributed by atoms with van der Waals surface area (Å²) in [5.74, 6) is 1.71. The van der Waals surface area contributed by atoms with E-state index in [1.807, 2.05) is 18.2 Å². The van der Waals surface area contributed by atoms with Gasteiger partial charge in [0.2, 0.25) is 0 Å². The fourth-order valence-electron chi connectivity index (χ4n) is 4.94. The Balaban J connectivity index is 1.34. The van der Waals surface area contributed by atoms with Crippen molar-refractivity contribution in [1.82, 2.24) is 9.97 Å². The first-order valence-electron chi connectivity index (χ1n) is 10.6. The normalized spacial score (nSPS) is 25.3. The van der Waals surface area contributed by atoms with Crippen molar-refractivity contribution in [2.24, 2.45) is 11.8 Å². The maximum atomic E-state index is 12.1. The number of hydrogen-bond acceptors (Lipinski definition) is 7. The van der Waals surface area contributed by atoms with E-state index in [2.05, 4.69) is 20.9 Å². The predicted octanol–water partition coefficient (Wildman–Crippen LogP) is 3.07. The van der Waals surface area contributed by atoms with Crippen molar-refractivity contribution >= 4 is 22.7 Å². The number of pyridine rings is 2. The summed E-state index contributed by atoms with van der Waals surface area (Å²) in [5.41, 5.74) is 1.31. The molecular formula is C24H25N3O4. The highest BCUT2D eigenvalue weighted by molar-refractivity contribution is 5.92. The minimum absolute atomic E-state index is 0.367. The van der Waals surface area contributed by atoms with Crippen LogP contribution in [-0.2, 0) is 4.74 Å². The van der Waals surface area contributed by atoms with Gasteiger partial charge in [0.25, 0.3) is 0 Å². The predicted molar refractivity (Wildman–Crippen MR) is 116 cm³/mol. The fourth-order valence-corrected chi connectivity index (χ4v) is 4.94. The van der Waals surface area contributed by atoms with E-state index in [0.717, 1.165) is 36.2 Å². The molecule has 7 heteroatoms. The topological polar surface area (TPSA) is 84.8 Å². The van der Waals surface area contributed by atoms with Gasteiger partial charge in [-0.1, -0.05) is 12.1 Å². The molecule has 1 aromatic carbocycles. The van der Waals surface area contributed by atoms with Gasteiger partial charge in [0.1, 0.15) is 23.2 Å². The van der Waals surface area contributed by atoms with Crippen molar-refractivity contribution in [2.75, 3.05) is 25.1 Å². The molecule has 0 amide bonds. The average molecular weight is 419 g/mol. The van der Waals surface area contributed by atoms with E-state index in [1.54, 1.807) is 30.6 Å². The molecule has 0 radical (unpaired) electrons. The van der Waals surface area contributed by atoms with Gasteiger partial charge in [-0.05, 0) is 55.0 Å². The molecule has 1 saturated heterocycles. The van der Waals surface area contributed by atoms with Crippen LogP contribution in [0.1, 0.15) is 23.2 Å². The van der Waals surface area contributed by atoms with Crippen molar-refractivity contribution in [3.8, 4) is 5.75 Å². The summed E-state index contributed by atoms with van der Waals surface area (Å²) in [6.45, 7) is 1.71. The molecule has 2 fully saturated rings. The van der Waals surface area contributed by atoms with Crippen LogP contribution in [0.2, 0.25) is 0 Å². The highest BCUT2D eigenvalue weighted by atomic mass is 16.5. The molecule has 0 unspecified atom stereocenters. The van der Waals surface area contributed by atoms with E-state index >= 15 is 0 Å². The van der Waals surface area contributed by atoms with Gasteiger partial charge in [-0.25, -0.2) is 9.78 Å². The van der Waals surface area contributed by atoms with Crippen LogP contribution in [0.15, 0.2) is 54.9 Å². The lowest BCUT2D eigenvalue weighted by atomic mass is 9.78. The molecule has 2 aliphatic rings. The number of para-hydroxylation sites is 1. The van der Waals surface area contributed by atoms with Gasteiger partial charge < -0.3 is 19.5 Å². The molecule has 1 aliphatic heterocycles. The van der Waals surface area contributed by atoms with E-state index in [1.165, 1.54) is 7.11 Å². The lowest BCUT2D eigenvalue weighted by Gasteiger charge is -2.35. The number of rotatable bonds is 4. The van der Waals surface area contributed by atoms with Crippen LogP contribution in [0.4, 0.5) is 5.82 Å². The monoisotopic (exact) mass is 419 g/mol. The van der Waals surface area contributed by atoms with Crippen LogP contribution in [0.25, 0.3) is 10.9 Å². The van der Waals surface area contributed by atoms with Crippen molar-refractivity contribution < 1.29 is 19.4 Å². The summed E-state index contributed by atoms with van der Waals surface area (Å²) in [6.07, 6.45) is 4.02. The Kier molecular flexibility index (Phi) is 5.19. The Bertz CT molecular complexity index is 1100. The Morgan fingerprint density at radius 3 is 2.68 bits per heavy atom. The van der Waals surface area contributed by atoms with Gasteiger partial charge in [0, 0.05) is 30.9 Å². The summed E-state index contributed by atoms with van der Waals surface area (Å²) >= 11 is 0.